The van der Waals surface area contributed by atoms with Crippen molar-refractivity contribution in [1.82, 2.24) is 10.6 Å². The highest BCUT2D eigenvalue weighted by molar-refractivity contribution is 5.84. The van der Waals surface area contributed by atoms with Crippen LogP contribution in [0.25, 0.3) is 0 Å². The van der Waals surface area contributed by atoms with Gasteiger partial charge in [-0.1, -0.05) is 20.8 Å². The van der Waals surface area contributed by atoms with Gasteiger partial charge in [0.05, 0.1) is 0 Å². The summed E-state index contributed by atoms with van der Waals surface area (Å²) in [5.41, 5.74) is 0.0245. The van der Waals surface area contributed by atoms with Crippen LogP contribution in [0.3, 0.4) is 0 Å². The molecule has 1 atom stereocenters. The molecule has 0 aromatic heterocycles. The first-order valence-corrected chi connectivity index (χ1v) is 7.44. The number of carboxylic acids is 1. The third kappa shape index (κ3) is 10.8. The fourth-order valence-corrected chi connectivity index (χ4v) is 1.80. The second-order valence-electron chi connectivity index (χ2n) is 6.36. The summed E-state index contributed by atoms with van der Waals surface area (Å²) in [7, 11) is 0. The van der Waals surface area contributed by atoms with Crippen LogP contribution < -0.4 is 10.6 Å². The lowest BCUT2D eigenvalue weighted by atomic mass is 9.88. The second-order valence-corrected chi connectivity index (χ2v) is 6.36. The number of rotatable bonds is 9. The van der Waals surface area contributed by atoms with Crippen molar-refractivity contribution in [3.63, 3.8) is 0 Å². The predicted octanol–water partition coefficient (Wildman–Crippen LogP) is 1.69. The molecule has 2 amide bonds. The van der Waals surface area contributed by atoms with Gasteiger partial charge >= 0.3 is 5.97 Å². The zero-order chi connectivity index (χ0) is 16.5. The van der Waals surface area contributed by atoms with Gasteiger partial charge < -0.3 is 15.7 Å². The van der Waals surface area contributed by atoms with E-state index in [1.807, 2.05) is 27.7 Å². The van der Waals surface area contributed by atoms with E-state index in [-0.39, 0.29) is 30.1 Å². The maximum absolute atomic E-state index is 11.7. The largest absolute Gasteiger partial charge is 0.480 e. The summed E-state index contributed by atoms with van der Waals surface area (Å²) in [5.74, 6) is -1.43. The Labute approximate surface area is 126 Å². The Kier molecular flexibility index (Phi) is 8.66. The van der Waals surface area contributed by atoms with Crippen molar-refractivity contribution in [2.45, 2.75) is 65.8 Å². The monoisotopic (exact) mass is 300 g/mol. The average molecular weight is 300 g/mol. The number of aliphatic carboxylic acids is 1. The maximum atomic E-state index is 11.7. The van der Waals surface area contributed by atoms with Crippen LogP contribution in [0.15, 0.2) is 0 Å². The van der Waals surface area contributed by atoms with Gasteiger partial charge in [-0.2, -0.15) is 0 Å². The first-order valence-electron chi connectivity index (χ1n) is 7.44. The SMILES string of the molecule is CCNC(=O)CCCC(=O)NC(CCC(C)(C)C)C(=O)O. The Morgan fingerprint density at radius 2 is 1.67 bits per heavy atom. The lowest BCUT2D eigenvalue weighted by Gasteiger charge is -2.21. The number of hydrogen-bond donors (Lipinski definition) is 3. The zero-order valence-corrected chi connectivity index (χ0v) is 13.5. The van der Waals surface area contributed by atoms with Crippen LogP contribution in [0.1, 0.15) is 59.8 Å². The predicted molar refractivity (Wildman–Crippen MR) is 80.8 cm³/mol. The molecule has 1 unspecified atom stereocenters. The number of carboxylic acid groups (broad SMARTS) is 1. The number of hydrogen-bond acceptors (Lipinski definition) is 3. The van der Waals surface area contributed by atoms with Gasteiger partial charge in [0.1, 0.15) is 6.04 Å². The van der Waals surface area contributed by atoms with Crippen LogP contribution in [-0.4, -0.2) is 35.5 Å². The van der Waals surface area contributed by atoms with E-state index < -0.39 is 12.0 Å². The molecular weight excluding hydrogens is 272 g/mol. The van der Waals surface area contributed by atoms with Crippen LogP contribution in [-0.2, 0) is 14.4 Å². The summed E-state index contributed by atoms with van der Waals surface area (Å²) in [6, 6.07) is -0.860. The number of carbonyl (C=O) groups is 3. The van der Waals surface area contributed by atoms with Crippen LogP contribution in [0.5, 0.6) is 0 Å². The molecule has 0 aliphatic rings. The van der Waals surface area contributed by atoms with Crippen molar-refractivity contribution in [2.24, 2.45) is 5.41 Å². The molecular formula is C15H28N2O4. The molecule has 3 N–H and O–H groups in total. The van der Waals surface area contributed by atoms with Gasteiger partial charge in [0.25, 0.3) is 0 Å². The molecule has 122 valence electrons. The van der Waals surface area contributed by atoms with Gasteiger partial charge in [0, 0.05) is 19.4 Å². The van der Waals surface area contributed by atoms with Crippen molar-refractivity contribution < 1.29 is 19.5 Å². The van der Waals surface area contributed by atoms with Crippen molar-refractivity contribution in [1.29, 1.82) is 0 Å². The first kappa shape index (κ1) is 19.4. The third-order valence-corrected chi connectivity index (χ3v) is 3.00. The van der Waals surface area contributed by atoms with E-state index >= 15 is 0 Å². The molecule has 0 bridgehead atoms. The Bertz CT molecular complexity index is 361. The summed E-state index contributed by atoms with van der Waals surface area (Å²) < 4.78 is 0. The van der Waals surface area contributed by atoms with E-state index in [1.165, 1.54) is 0 Å². The quantitative estimate of drug-likeness (QED) is 0.604. The Balaban J connectivity index is 4.12. The van der Waals surface area contributed by atoms with E-state index in [4.69, 9.17) is 5.11 Å². The van der Waals surface area contributed by atoms with Crippen LogP contribution in [0.4, 0.5) is 0 Å². The first-order chi connectivity index (χ1) is 9.65. The van der Waals surface area contributed by atoms with Crippen molar-refractivity contribution in [3.05, 3.63) is 0 Å². The molecule has 21 heavy (non-hydrogen) atoms. The maximum Gasteiger partial charge on any atom is 0.326 e. The summed E-state index contributed by atoms with van der Waals surface area (Å²) >= 11 is 0. The van der Waals surface area contributed by atoms with Gasteiger partial charge in [-0.3, -0.25) is 9.59 Å². The van der Waals surface area contributed by atoms with Crippen LogP contribution in [0.2, 0.25) is 0 Å². The van der Waals surface area contributed by atoms with Crippen molar-refractivity contribution in [3.8, 4) is 0 Å². The van der Waals surface area contributed by atoms with Crippen LogP contribution in [0, 0.1) is 5.41 Å². The molecule has 0 spiro atoms. The fraction of sp³-hybridized carbons (Fsp3) is 0.800. The normalized spacial score (nSPS) is 12.6. The lowest BCUT2D eigenvalue weighted by molar-refractivity contribution is -0.142. The molecule has 0 aromatic carbocycles. The van der Waals surface area contributed by atoms with E-state index in [2.05, 4.69) is 10.6 Å². The Morgan fingerprint density at radius 1 is 1.10 bits per heavy atom. The van der Waals surface area contributed by atoms with E-state index in [0.29, 0.717) is 25.8 Å². The van der Waals surface area contributed by atoms with E-state index in [9.17, 15) is 14.4 Å². The third-order valence-electron chi connectivity index (χ3n) is 3.00. The summed E-state index contributed by atoms with van der Waals surface area (Å²) in [4.78, 5) is 34.1. The minimum atomic E-state index is -1.02. The Hall–Kier alpha value is -1.59. The summed E-state index contributed by atoms with van der Waals surface area (Å²) in [6.45, 7) is 8.48. The minimum Gasteiger partial charge on any atom is -0.480 e. The van der Waals surface area contributed by atoms with Gasteiger partial charge in [0.15, 0.2) is 0 Å². The molecule has 0 rings (SSSR count). The van der Waals surface area contributed by atoms with Crippen molar-refractivity contribution in [2.75, 3.05) is 6.54 Å². The molecule has 0 radical (unpaired) electrons. The number of nitrogens with one attached hydrogen (secondary N) is 2. The summed E-state index contributed by atoms with van der Waals surface area (Å²) in [5, 5.41) is 14.3. The molecule has 6 heteroatoms. The molecule has 0 saturated carbocycles. The standard InChI is InChI=1S/C15H28N2O4/c1-5-16-12(18)7-6-8-13(19)17-11(14(20)21)9-10-15(2,3)4/h11H,5-10H2,1-4H3,(H,16,18)(H,17,19)(H,20,21). The molecule has 0 aromatic rings. The summed E-state index contributed by atoms with van der Waals surface area (Å²) in [6.07, 6.45) is 1.98. The van der Waals surface area contributed by atoms with Gasteiger partial charge in [-0.05, 0) is 31.6 Å². The minimum absolute atomic E-state index is 0.0245. The zero-order valence-electron chi connectivity index (χ0n) is 13.5. The number of carbonyl (C=O) groups excluding carboxylic acids is 2. The molecule has 0 aliphatic carbocycles. The second kappa shape index (κ2) is 9.37. The molecule has 0 saturated heterocycles. The molecule has 6 nitrogen and oxygen atoms in total. The average Bonchev–Trinajstić information content (AvgIpc) is 2.33. The molecule has 0 heterocycles. The van der Waals surface area contributed by atoms with Gasteiger partial charge in [0.2, 0.25) is 11.8 Å². The fourth-order valence-electron chi connectivity index (χ4n) is 1.80. The smallest absolute Gasteiger partial charge is 0.326 e. The topological polar surface area (TPSA) is 95.5 Å². The van der Waals surface area contributed by atoms with Gasteiger partial charge in [-0.15, -0.1) is 0 Å². The Morgan fingerprint density at radius 3 is 2.14 bits per heavy atom. The van der Waals surface area contributed by atoms with Crippen LogP contribution >= 0.6 is 0 Å². The molecule has 0 fully saturated rings. The number of amides is 2. The lowest BCUT2D eigenvalue weighted by Crippen LogP contribution is -2.41. The molecule has 0 aliphatic heterocycles. The van der Waals surface area contributed by atoms with E-state index in [1.54, 1.807) is 0 Å². The van der Waals surface area contributed by atoms with Gasteiger partial charge in [-0.25, -0.2) is 4.79 Å². The van der Waals surface area contributed by atoms with Crippen molar-refractivity contribution >= 4 is 17.8 Å². The highest BCUT2D eigenvalue weighted by atomic mass is 16.4. The highest BCUT2D eigenvalue weighted by Crippen LogP contribution is 2.21. The highest BCUT2D eigenvalue weighted by Gasteiger charge is 2.22. The van der Waals surface area contributed by atoms with E-state index in [0.717, 1.165) is 0 Å².